The van der Waals surface area contributed by atoms with E-state index in [1.165, 1.54) is 4.88 Å². The summed E-state index contributed by atoms with van der Waals surface area (Å²) in [5.41, 5.74) is 0.0220. The third-order valence-corrected chi connectivity index (χ3v) is 6.00. The van der Waals surface area contributed by atoms with Crippen LogP contribution >= 0.6 is 11.3 Å². The minimum absolute atomic E-state index is 0.0220. The van der Waals surface area contributed by atoms with Gasteiger partial charge in [0, 0.05) is 36.5 Å². The molecule has 0 bridgehead atoms. The highest BCUT2D eigenvalue weighted by atomic mass is 32.1. The number of amides is 1. The van der Waals surface area contributed by atoms with Crippen LogP contribution in [0.3, 0.4) is 0 Å². The van der Waals surface area contributed by atoms with E-state index < -0.39 is 0 Å². The second-order valence-corrected chi connectivity index (χ2v) is 8.35. The van der Waals surface area contributed by atoms with Crippen LogP contribution in [-0.4, -0.2) is 65.2 Å². The van der Waals surface area contributed by atoms with Crippen molar-refractivity contribution in [3.05, 3.63) is 34.1 Å². The van der Waals surface area contributed by atoms with Crippen LogP contribution in [0.2, 0.25) is 0 Å². The Morgan fingerprint density at radius 1 is 1.38 bits per heavy atom. The van der Waals surface area contributed by atoms with Crippen molar-refractivity contribution in [2.45, 2.75) is 26.3 Å². The number of carbonyl (C=O) groups excluding carboxylic acids is 1. The number of aryl methyl sites for hydroxylation is 1. The SMILES string of the molecule is Cc1noc(CC(=O)N2CCOC[C@@]3(CCN(Cc4cccs4)C3)C2)n1. The van der Waals surface area contributed by atoms with Crippen LogP contribution in [0.1, 0.15) is 23.0 Å². The van der Waals surface area contributed by atoms with Crippen molar-refractivity contribution in [2.75, 3.05) is 39.4 Å². The second kappa shape index (κ2) is 7.46. The number of rotatable bonds is 4. The Morgan fingerprint density at radius 2 is 2.31 bits per heavy atom. The van der Waals surface area contributed by atoms with E-state index in [4.69, 9.17) is 9.26 Å². The topological polar surface area (TPSA) is 71.7 Å². The molecular weight excluding hydrogens is 352 g/mol. The first kappa shape index (κ1) is 17.6. The molecule has 7 nitrogen and oxygen atoms in total. The average Bonchev–Trinajstić information content (AvgIpc) is 3.31. The molecule has 2 aromatic rings. The van der Waals surface area contributed by atoms with Crippen LogP contribution in [-0.2, 0) is 22.5 Å². The standard InChI is InChI=1S/C18H24N4O3S/c1-14-19-16(25-20-14)9-17(23)22-6-7-24-13-18(12-22)4-5-21(11-18)10-15-3-2-8-26-15/h2-3,8H,4-7,9-13H2,1H3/t18-/m1/s1. The van der Waals surface area contributed by atoms with E-state index in [2.05, 4.69) is 32.6 Å². The molecule has 2 saturated heterocycles. The molecule has 8 heteroatoms. The predicted molar refractivity (Wildman–Crippen MR) is 96.8 cm³/mol. The fourth-order valence-corrected chi connectivity index (χ4v) is 4.64. The fraction of sp³-hybridized carbons (Fsp3) is 0.611. The summed E-state index contributed by atoms with van der Waals surface area (Å²) in [5, 5.41) is 5.88. The van der Waals surface area contributed by atoms with Gasteiger partial charge in [0.1, 0.15) is 6.42 Å². The van der Waals surface area contributed by atoms with E-state index in [-0.39, 0.29) is 17.7 Å². The number of likely N-dealkylation sites (tertiary alicyclic amines) is 1. The normalized spacial score (nSPS) is 24.3. The van der Waals surface area contributed by atoms with Gasteiger partial charge in [-0.1, -0.05) is 11.2 Å². The molecular formula is C18H24N4O3S. The van der Waals surface area contributed by atoms with Gasteiger partial charge in [0.2, 0.25) is 11.8 Å². The van der Waals surface area contributed by atoms with E-state index in [0.29, 0.717) is 24.9 Å². The van der Waals surface area contributed by atoms with Crippen molar-refractivity contribution in [1.82, 2.24) is 19.9 Å². The van der Waals surface area contributed by atoms with E-state index in [9.17, 15) is 4.79 Å². The van der Waals surface area contributed by atoms with Crippen molar-refractivity contribution in [1.29, 1.82) is 0 Å². The zero-order chi connectivity index (χ0) is 18.0. The van der Waals surface area contributed by atoms with E-state index in [1.807, 2.05) is 4.90 Å². The molecule has 0 aromatic carbocycles. The Balaban J connectivity index is 1.40. The number of aromatic nitrogens is 2. The van der Waals surface area contributed by atoms with Crippen molar-refractivity contribution in [3.63, 3.8) is 0 Å². The van der Waals surface area contributed by atoms with Gasteiger partial charge in [0.25, 0.3) is 0 Å². The maximum absolute atomic E-state index is 12.7. The average molecular weight is 376 g/mol. The Hall–Kier alpha value is -1.77. The van der Waals surface area contributed by atoms with Gasteiger partial charge in [-0.05, 0) is 31.3 Å². The minimum atomic E-state index is 0.0220. The molecule has 1 spiro atoms. The molecule has 0 aliphatic carbocycles. The molecule has 2 aromatic heterocycles. The molecule has 26 heavy (non-hydrogen) atoms. The number of hydrogen-bond donors (Lipinski definition) is 0. The van der Waals surface area contributed by atoms with Gasteiger partial charge in [-0.15, -0.1) is 11.3 Å². The quantitative estimate of drug-likeness (QED) is 0.809. The van der Waals surface area contributed by atoms with Gasteiger partial charge >= 0.3 is 0 Å². The molecule has 2 fully saturated rings. The third-order valence-electron chi connectivity index (χ3n) is 5.14. The van der Waals surface area contributed by atoms with Crippen LogP contribution in [0.5, 0.6) is 0 Å². The largest absolute Gasteiger partial charge is 0.379 e. The highest BCUT2D eigenvalue weighted by molar-refractivity contribution is 7.09. The zero-order valence-electron chi connectivity index (χ0n) is 15.0. The molecule has 140 valence electrons. The summed E-state index contributed by atoms with van der Waals surface area (Å²) in [7, 11) is 0. The summed E-state index contributed by atoms with van der Waals surface area (Å²) in [4.78, 5) is 22.7. The number of nitrogens with zero attached hydrogens (tertiary/aromatic N) is 4. The smallest absolute Gasteiger partial charge is 0.236 e. The van der Waals surface area contributed by atoms with Gasteiger partial charge < -0.3 is 14.2 Å². The first-order chi connectivity index (χ1) is 12.6. The highest BCUT2D eigenvalue weighted by Gasteiger charge is 2.42. The molecule has 4 rings (SSSR count). The molecule has 0 unspecified atom stereocenters. The molecule has 4 heterocycles. The van der Waals surface area contributed by atoms with Crippen LogP contribution in [0, 0.1) is 12.3 Å². The van der Waals surface area contributed by atoms with Crippen molar-refractivity contribution < 1.29 is 14.1 Å². The van der Waals surface area contributed by atoms with Crippen molar-refractivity contribution in [3.8, 4) is 0 Å². The lowest BCUT2D eigenvalue weighted by Crippen LogP contribution is -2.43. The highest BCUT2D eigenvalue weighted by Crippen LogP contribution is 2.34. The lowest BCUT2D eigenvalue weighted by molar-refractivity contribution is -0.131. The van der Waals surface area contributed by atoms with Gasteiger partial charge in [-0.2, -0.15) is 4.98 Å². The number of carbonyl (C=O) groups is 1. The van der Waals surface area contributed by atoms with E-state index >= 15 is 0 Å². The Morgan fingerprint density at radius 3 is 3.08 bits per heavy atom. The third kappa shape index (κ3) is 3.97. The number of ether oxygens (including phenoxy) is 1. The van der Waals surface area contributed by atoms with Crippen LogP contribution < -0.4 is 0 Å². The lowest BCUT2D eigenvalue weighted by atomic mass is 9.87. The number of thiophene rings is 1. The molecule has 1 amide bonds. The van der Waals surface area contributed by atoms with Crippen LogP contribution in [0.4, 0.5) is 0 Å². The molecule has 2 aliphatic heterocycles. The van der Waals surface area contributed by atoms with Crippen LogP contribution in [0.15, 0.2) is 22.0 Å². The van der Waals surface area contributed by atoms with Gasteiger partial charge in [-0.3, -0.25) is 9.69 Å². The minimum Gasteiger partial charge on any atom is -0.379 e. The summed E-state index contributed by atoms with van der Waals surface area (Å²) in [6, 6.07) is 4.28. The Bertz CT molecular complexity index is 747. The summed E-state index contributed by atoms with van der Waals surface area (Å²) >= 11 is 1.80. The first-order valence-electron chi connectivity index (χ1n) is 9.01. The summed E-state index contributed by atoms with van der Waals surface area (Å²) in [6.45, 7) is 7.42. The van der Waals surface area contributed by atoms with Gasteiger partial charge in [0.15, 0.2) is 5.82 Å². The Labute approximate surface area is 156 Å². The van der Waals surface area contributed by atoms with E-state index in [1.54, 1.807) is 18.3 Å². The van der Waals surface area contributed by atoms with Crippen LogP contribution in [0.25, 0.3) is 0 Å². The molecule has 0 N–H and O–H groups in total. The maximum Gasteiger partial charge on any atom is 0.236 e. The predicted octanol–water partition coefficient (Wildman–Crippen LogP) is 1.73. The van der Waals surface area contributed by atoms with Gasteiger partial charge in [-0.25, -0.2) is 0 Å². The molecule has 0 saturated carbocycles. The Kier molecular flexibility index (Phi) is 5.06. The molecule has 0 radical (unpaired) electrons. The number of hydrogen-bond acceptors (Lipinski definition) is 7. The molecule has 2 aliphatic rings. The lowest BCUT2D eigenvalue weighted by Gasteiger charge is -2.31. The zero-order valence-corrected chi connectivity index (χ0v) is 15.8. The van der Waals surface area contributed by atoms with E-state index in [0.717, 1.165) is 39.2 Å². The van der Waals surface area contributed by atoms with Crippen molar-refractivity contribution >= 4 is 17.2 Å². The second-order valence-electron chi connectivity index (χ2n) is 7.32. The fourth-order valence-electron chi connectivity index (χ4n) is 3.89. The van der Waals surface area contributed by atoms with Gasteiger partial charge in [0.05, 0.1) is 13.2 Å². The van der Waals surface area contributed by atoms with Crippen molar-refractivity contribution in [2.24, 2.45) is 5.41 Å². The maximum atomic E-state index is 12.7. The monoisotopic (exact) mass is 376 g/mol. The summed E-state index contributed by atoms with van der Waals surface area (Å²) < 4.78 is 11.0. The summed E-state index contributed by atoms with van der Waals surface area (Å²) in [5.74, 6) is 0.983. The molecule has 1 atom stereocenters. The first-order valence-corrected chi connectivity index (χ1v) is 9.89. The summed E-state index contributed by atoms with van der Waals surface area (Å²) in [6.07, 6.45) is 1.22.